The van der Waals surface area contributed by atoms with Gasteiger partial charge in [0.05, 0.1) is 28.9 Å². The van der Waals surface area contributed by atoms with Crippen molar-refractivity contribution >= 4 is 33.0 Å². The molecule has 2 bridgehead atoms. The Labute approximate surface area is 241 Å². The van der Waals surface area contributed by atoms with E-state index in [1.807, 2.05) is 24.3 Å². The number of sulfone groups is 1. The summed E-state index contributed by atoms with van der Waals surface area (Å²) in [4.78, 5) is 12.6. The summed E-state index contributed by atoms with van der Waals surface area (Å²) in [7, 11) is -2.29. The lowest BCUT2D eigenvalue weighted by Gasteiger charge is -2.35. The standard InChI is InChI=1S/C30H29ClF3NO5S/c1-39-23-7-2-17(3-8-23)15-40-16-18-10-19-4-5-20(11-18)29(19)41(37,38)27-12-21(6-9-24(27)31)30(36)35-22-13-25(32)28(34)26(33)14-22/h2-3,6-9,12-14,18-20,29H,4-5,10-11,15-16H2,1H3,(H,35,36). The fraction of sp³-hybridized carbons (Fsp3) is 0.367. The van der Waals surface area contributed by atoms with Crippen molar-refractivity contribution < 1.29 is 35.9 Å². The molecule has 218 valence electrons. The van der Waals surface area contributed by atoms with Crippen LogP contribution in [0.2, 0.25) is 5.02 Å². The van der Waals surface area contributed by atoms with Crippen molar-refractivity contribution in [2.45, 2.75) is 42.4 Å². The highest BCUT2D eigenvalue weighted by atomic mass is 35.5. The van der Waals surface area contributed by atoms with Crippen LogP contribution in [0.25, 0.3) is 0 Å². The molecule has 0 radical (unpaired) electrons. The Hall–Kier alpha value is -3.08. The Kier molecular flexibility index (Phi) is 8.63. The van der Waals surface area contributed by atoms with Gasteiger partial charge in [-0.2, -0.15) is 0 Å². The molecule has 2 fully saturated rings. The fourth-order valence-corrected chi connectivity index (χ4v) is 9.02. The van der Waals surface area contributed by atoms with E-state index in [-0.39, 0.29) is 38.9 Å². The van der Waals surface area contributed by atoms with Crippen molar-refractivity contribution in [2.75, 3.05) is 19.0 Å². The van der Waals surface area contributed by atoms with E-state index >= 15 is 0 Å². The second kappa shape index (κ2) is 12.0. The van der Waals surface area contributed by atoms with Gasteiger partial charge in [-0.25, -0.2) is 21.6 Å². The highest BCUT2D eigenvalue weighted by Crippen LogP contribution is 2.50. The van der Waals surface area contributed by atoms with Gasteiger partial charge in [0.25, 0.3) is 5.91 Å². The minimum atomic E-state index is -3.90. The average molecular weight is 608 g/mol. The van der Waals surface area contributed by atoms with Gasteiger partial charge in [0.1, 0.15) is 5.75 Å². The number of amides is 1. The molecular formula is C30H29ClF3NO5S. The molecule has 1 N–H and O–H groups in total. The highest BCUT2D eigenvalue weighted by Gasteiger charge is 2.50. The topological polar surface area (TPSA) is 81.7 Å². The molecule has 2 unspecified atom stereocenters. The number of ether oxygens (including phenoxy) is 2. The number of fused-ring (bicyclic) bond motifs is 2. The largest absolute Gasteiger partial charge is 0.497 e. The number of carbonyl (C=O) groups is 1. The van der Waals surface area contributed by atoms with E-state index in [9.17, 15) is 26.4 Å². The van der Waals surface area contributed by atoms with Gasteiger partial charge in [-0.05, 0) is 79.3 Å². The zero-order valence-electron chi connectivity index (χ0n) is 22.2. The molecule has 2 aliphatic carbocycles. The van der Waals surface area contributed by atoms with E-state index in [1.165, 1.54) is 18.2 Å². The SMILES string of the molecule is COc1ccc(COCC2CC3CCC(C2)C3S(=O)(=O)c2cc(C(=O)Nc3cc(F)c(F)c(F)c3)ccc2Cl)cc1. The first-order chi connectivity index (χ1) is 19.6. The molecule has 2 saturated carbocycles. The Morgan fingerprint density at radius 1 is 0.976 bits per heavy atom. The molecule has 3 aromatic rings. The molecule has 0 heterocycles. The maximum atomic E-state index is 13.9. The van der Waals surface area contributed by atoms with Crippen LogP contribution in [-0.2, 0) is 21.2 Å². The molecule has 6 nitrogen and oxygen atoms in total. The molecular weight excluding hydrogens is 579 g/mol. The molecule has 2 atom stereocenters. The Bertz CT molecular complexity index is 1510. The van der Waals surface area contributed by atoms with Crippen LogP contribution in [0.5, 0.6) is 5.75 Å². The molecule has 3 aromatic carbocycles. The summed E-state index contributed by atoms with van der Waals surface area (Å²) in [5.41, 5.74) is 0.653. The third-order valence-corrected chi connectivity index (χ3v) is 10.9. The average Bonchev–Trinajstić information content (AvgIpc) is 3.23. The molecule has 5 rings (SSSR count). The first kappa shape index (κ1) is 29.4. The van der Waals surface area contributed by atoms with Crippen molar-refractivity contribution in [3.63, 3.8) is 0 Å². The summed E-state index contributed by atoms with van der Waals surface area (Å²) in [6.45, 7) is 0.992. The van der Waals surface area contributed by atoms with E-state index in [0.717, 1.165) is 24.2 Å². The van der Waals surface area contributed by atoms with Gasteiger partial charge in [0, 0.05) is 30.0 Å². The van der Waals surface area contributed by atoms with Crippen LogP contribution < -0.4 is 10.1 Å². The molecule has 11 heteroatoms. The summed E-state index contributed by atoms with van der Waals surface area (Å²) >= 11 is 6.33. The number of methoxy groups -OCH3 is 1. The van der Waals surface area contributed by atoms with E-state index in [1.54, 1.807) is 7.11 Å². The van der Waals surface area contributed by atoms with E-state index < -0.39 is 38.4 Å². The predicted octanol–water partition coefficient (Wildman–Crippen LogP) is 6.81. The van der Waals surface area contributed by atoms with Crippen LogP contribution >= 0.6 is 11.6 Å². The predicted molar refractivity (Wildman–Crippen MR) is 148 cm³/mol. The maximum Gasteiger partial charge on any atom is 0.255 e. The number of anilines is 1. The molecule has 0 aromatic heterocycles. The molecule has 1 amide bonds. The second-order valence-corrected chi connectivity index (χ2v) is 13.1. The lowest BCUT2D eigenvalue weighted by Crippen LogP contribution is -2.38. The van der Waals surface area contributed by atoms with Crippen LogP contribution in [-0.4, -0.2) is 33.3 Å². The molecule has 2 aliphatic rings. The van der Waals surface area contributed by atoms with E-state index in [2.05, 4.69) is 5.32 Å². The van der Waals surface area contributed by atoms with E-state index in [4.69, 9.17) is 21.1 Å². The zero-order valence-corrected chi connectivity index (χ0v) is 23.8. The van der Waals surface area contributed by atoms with Crippen molar-refractivity contribution in [3.05, 3.63) is 88.2 Å². The van der Waals surface area contributed by atoms with E-state index in [0.29, 0.717) is 38.2 Å². The lowest BCUT2D eigenvalue weighted by atomic mass is 9.81. The highest BCUT2D eigenvalue weighted by molar-refractivity contribution is 7.92. The smallest absolute Gasteiger partial charge is 0.255 e. The lowest BCUT2D eigenvalue weighted by molar-refractivity contribution is 0.0626. The number of halogens is 4. The Balaban J connectivity index is 1.26. The number of hydrogen-bond donors (Lipinski definition) is 1. The van der Waals surface area contributed by atoms with Gasteiger partial charge in [0.2, 0.25) is 0 Å². The van der Waals surface area contributed by atoms with Gasteiger partial charge in [-0.15, -0.1) is 0 Å². The van der Waals surface area contributed by atoms with Crippen LogP contribution in [0.4, 0.5) is 18.9 Å². The first-order valence-electron chi connectivity index (χ1n) is 13.3. The monoisotopic (exact) mass is 607 g/mol. The third kappa shape index (κ3) is 6.24. The van der Waals surface area contributed by atoms with Crippen molar-refractivity contribution in [1.82, 2.24) is 0 Å². The Morgan fingerprint density at radius 3 is 2.22 bits per heavy atom. The number of carbonyl (C=O) groups excluding carboxylic acids is 1. The molecule has 0 spiro atoms. The number of rotatable bonds is 9. The molecule has 0 aliphatic heterocycles. The molecule has 41 heavy (non-hydrogen) atoms. The summed E-state index contributed by atoms with van der Waals surface area (Å²) < 4.78 is 79.3. The van der Waals surface area contributed by atoms with Crippen LogP contribution in [0.3, 0.4) is 0 Å². The van der Waals surface area contributed by atoms with Crippen LogP contribution in [0.1, 0.15) is 41.6 Å². The summed E-state index contributed by atoms with van der Waals surface area (Å²) in [5, 5.41) is 1.64. The van der Waals surface area contributed by atoms with Crippen molar-refractivity contribution in [1.29, 1.82) is 0 Å². The van der Waals surface area contributed by atoms with Gasteiger partial charge >= 0.3 is 0 Å². The van der Waals surface area contributed by atoms with Gasteiger partial charge < -0.3 is 14.8 Å². The number of nitrogens with one attached hydrogen (secondary N) is 1. The second-order valence-electron chi connectivity index (χ2n) is 10.7. The third-order valence-electron chi connectivity index (χ3n) is 7.99. The normalized spacial score (nSPS) is 22.0. The van der Waals surface area contributed by atoms with Crippen molar-refractivity contribution in [3.8, 4) is 5.75 Å². The Morgan fingerprint density at radius 2 is 1.61 bits per heavy atom. The maximum absolute atomic E-state index is 13.9. The molecule has 0 saturated heterocycles. The summed E-state index contributed by atoms with van der Waals surface area (Å²) in [6, 6.07) is 12.7. The number of hydrogen-bond acceptors (Lipinski definition) is 5. The summed E-state index contributed by atoms with van der Waals surface area (Å²) in [5.74, 6) is -4.51. The van der Waals surface area contributed by atoms with Crippen LogP contribution in [0.15, 0.2) is 59.5 Å². The van der Waals surface area contributed by atoms with Crippen molar-refractivity contribution in [2.24, 2.45) is 17.8 Å². The zero-order chi connectivity index (χ0) is 29.3. The fourth-order valence-electron chi connectivity index (χ4n) is 6.15. The van der Waals surface area contributed by atoms with Gasteiger partial charge in [0.15, 0.2) is 27.3 Å². The number of benzene rings is 3. The quantitative estimate of drug-likeness (QED) is 0.270. The summed E-state index contributed by atoms with van der Waals surface area (Å²) in [6.07, 6.45) is 2.98. The van der Waals surface area contributed by atoms with Gasteiger partial charge in [-0.1, -0.05) is 23.7 Å². The minimum Gasteiger partial charge on any atom is -0.497 e. The first-order valence-corrected chi connectivity index (χ1v) is 15.2. The van der Waals surface area contributed by atoms with Crippen LogP contribution in [0, 0.1) is 35.2 Å². The van der Waals surface area contributed by atoms with Gasteiger partial charge in [-0.3, -0.25) is 4.79 Å². The minimum absolute atomic E-state index is 0.00947.